The van der Waals surface area contributed by atoms with Gasteiger partial charge >= 0.3 is 0 Å². The van der Waals surface area contributed by atoms with Gasteiger partial charge in [0.05, 0.1) is 11.3 Å². The number of carbonyl (C=O) groups excluding carboxylic acids is 2. The molecule has 8 heteroatoms. The summed E-state index contributed by atoms with van der Waals surface area (Å²) in [5, 5.41) is 4.17. The number of hydrogen-bond donors (Lipinski definition) is 2. The minimum absolute atomic E-state index is 0.157. The lowest BCUT2D eigenvalue weighted by Gasteiger charge is -2.07. The number of hydrogen-bond acceptors (Lipinski definition) is 6. The molecule has 0 bridgehead atoms. The van der Waals surface area contributed by atoms with Crippen molar-refractivity contribution in [3.05, 3.63) is 58.2 Å². The fourth-order valence-electron chi connectivity index (χ4n) is 2.82. The van der Waals surface area contributed by atoms with E-state index in [0.717, 1.165) is 26.7 Å². The Morgan fingerprint density at radius 3 is 2.55 bits per heavy atom. The summed E-state index contributed by atoms with van der Waals surface area (Å²) < 4.78 is 0. The van der Waals surface area contributed by atoms with Gasteiger partial charge in [0.25, 0.3) is 5.91 Å². The van der Waals surface area contributed by atoms with Gasteiger partial charge in [0, 0.05) is 22.6 Å². The second-order valence-corrected chi connectivity index (χ2v) is 8.84. The predicted molar refractivity (Wildman–Crippen MR) is 118 cm³/mol. The number of primary amides is 1. The molecule has 0 aliphatic heterocycles. The molecule has 2 amide bonds. The minimum atomic E-state index is -0.526. The average molecular weight is 427 g/mol. The number of nitrogens with two attached hydrogens (primary N) is 1. The Balaban J connectivity index is 1.62. The first-order valence-corrected chi connectivity index (χ1v) is 10.9. The first kappa shape index (κ1) is 21.0. The first-order valence-electron chi connectivity index (χ1n) is 9.08. The zero-order valence-electron chi connectivity index (χ0n) is 16.5. The number of nitrogens with zero attached hydrogens (tertiary/aromatic N) is 2. The van der Waals surface area contributed by atoms with Crippen LogP contribution >= 0.6 is 23.1 Å². The van der Waals surface area contributed by atoms with Gasteiger partial charge in [0.2, 0.25) is 5.91 Å². The summed E-state index contributed by atoms with van der Waals surface area (Å²) in [7, 11) is 0. The molecule has 0 aliphatic carbocycles. The van der Waals surface area contributed by atoms with E-state index >= 15 is 0 Å². The first-order chi connectivity index (χ1) is 13.8. The van der Waals surface area contributed by atoms with Gasteiger partial charge in [-0.1, -0.05) is 30.3 Å². The lowest BCUT2D eigenvalue weighted by atomic mass is 10.1. The Bertz CT molecular complexity index is 1050. The SMILES string of the molecule is Cc1nc(SCCC(=O)Nc2sc(C)c(C)c2C(N)=O)cc(-c2ccccc2)n1. The smallest absolute Gasteiger partial charge is 0.251 e. The summed E-state index contributed by atoms with van der Waals surface area (Å²) in [6, 6.07) is 11.8. The minimum Gasteiger partial charge on any atom is -0.365 e. The summed E-state index contributed by atoms with van der Waals surface area (Å²) in [4.78, 5) is 33.9. The molecular weight excluding hydrogens is 404 g/mol. The van der Waals surface area contributed by atoms with Gasteiger partial charge in [-0.2, -0.15) is 0 Å². The third-order valence-corrected chi connectivity index (χ3v) is 6.38. The number of nitrogens with one attached hydrogen (secondary N) is 1. The maximum atomic E-state index is 12.4. The van der Waals surface area contributed by atoms with E-state index in [9.17, 15) is 9.59 Å². The van der Waals surface area contributed by atoms with Crippen LogP contribution in [0, 0.1) is 20.8 Å². The molecule has 2 heterocycles. The monoisotopic (exact) mass is 426 g/mol. The van der Waals surface area contributed by atoms with Gasteiger partial charge in [0.1, 0.15) is 15.9 Å². The highest BCUT2D eigenvalue weighted by Crippen LogP contribution is 2.32. The molecule has 0 spiro atoms. The third-order valence-electron chi connectivity index (χ3n) is 4.35. The number of carbonyl (C=O) groups is 2. The number of amides is 2. The van der Waals surface area contributed by atoms with E-state index in [1.807, 2.05) is 57.2 Å². The Hall–Kier alpha value is -2.71. The van der Waals surface area contributed by atoms with Crippen LogP contribution in [0.5, 0.6) is 0 Å². The van der Waals surface area contributed by atoms with Crippen LogP contribution in [-0.4, -0.2) is 27.5 Å². The van der Waals surface area contributed by atoms with E-state index in [0.29, 0.717) is 28.6 Å². The zero-order valence-corrected chi connectivity index (χ0v) is 18.1. The lowest BCUT2D eigenvalue weighted by Crippen LogP contribution is -2.17. The third kappa shape index (κ3) is 5.21. The van der Waals surface area contributed by atoms with Crippen molar-refractivity contribution in [2.24, 2.45) is 5.73 Å². The summed E-state index contributed by atoms with van der Waals surface area (Å²) >= 11 is 2.87. The Labute approximate surface area is 178 Å². The van der Waals surface area contributed by atoms with Crippen LogP contribution in [0.1, 0.15) is 33.0 Å². The van der Waals surface area contributed by atoms with Crippen LogP contribution in [0.2, 0.25) is 0 Å². The number of aryl methyl sites for hydroxylation is 2. The molecule has 0 fully saturated rings. The van der Waals surface area contributed by atoms with Crippen LogP contribution < -0.4 is 11.1 Å². The van der Waals surface area contributed by atoms with Crippen LogP contribution in [0.25, 0.3) is 11.3 Å². The molecule has 0 unspecified atom stereocenters. The molecule has 3 aromatic rings. The van der Waals surface area contributed by atoms with Crippen molar-refractivity contribution in [2.75, 3.05) is 11.1 Å². The van der Waals surface area contributed by atoms with E-state index in [-0.39, 0.29) is 5.91 Å². The molecule has 3 N–H and O–H groups in total. The van der Waals surface area contributed by atoms with Gasteiger partial charge in [0.15, 0.2) is 0 Å². The molecule has 150 valence electrons. The zero-order chi connectivity index (χ0) is 21.0. The van der Waals surface area contributed by atoms with Crippen molar-refractivity contribution in [1.82, 2.24) is 9.97 Å². The maximum Gasteiger partial charge on any atom is 0.251 e. The van der Waals surface area contributed by atoms with Gasteiger partial charge < -0.3 is 11.1 Å². The molecule has 0 radical (unpaired) electrons. The van der Waals surface area contributed by atoms with E-state index < -0.39 is 5.91 Å². The van der Waals surface area contributed by atoms with Gasteiger partial charge in [-0.15, -0.1) is 23.1 Å². The molecule has 0 aliphatic rings. The van der Waals surface area contributed by atoms with Crippen molar-refractivity contribution in [3.63, 3.8) is 0 Å². The molecule has 0 atom stereocenters. The topological polar surface area (TPSA) is 98.0 Å². The van der Waals surface area contributed by atoms with E-state index in [1.54, 1.807) is 0 Å². The summed E-state index contributed by atoms with van der Waals surface area (Å²) in [5.41, 5.74) is 8.56. The molecule has 6 nitrogen and oxygen atoms in total. The number of aromatic nitrogens is 2. The molecule has 0 saturated carbocycles. The van der Waals surface area contributed by atoms with E-state index in [4.69, 9.17) is 5.73 Å². The van der Waals surface area contributed by atoms with Gasteiger partial charge in [-0.05, 0) is 32.4 Å². The van der Waals surface area contributed by atoms with Gasteiger partial charge in [-0.25, -0.2) is 9.97 Å². The van der Waals surface area contributed by atoms with E-state index in [2.05, 4.69) is 15.3 Å². The second kappa shape index (κ2) is 9.19. The van der Waals surface area contributed by atoms with E-state index in [1.165, 1.54) is 23.1 Å². The summed E-state index contributed by atoms with van der Waals surface area (Å²) in [6.45, 7) is 5.59. The second-order valence-electron chi connectivity index (χ2n) is 6.50. The number of thiophene rings is 1. The highest BCUT2D eigenvalue weighted by Gasteiger charge is 2.18. The molecule has 2 aromatic heterocycles. The van der Waals surface area contributed by atoms with Crippen LogP contribution in [-0.2, 0) is 4.79 Å². The average Bonchev–Trinajstić information content (AvgIpc) is 2.95. The van der Waals surface area contributed by atoms with Crippen molar-refractivity contribution >= 4 is 39.9 Å². The predicted octanol–water partition coefficient (Wildman–Crippen LogP) is 4.35. The quantitative estimate of drug-likeness (QED) is 0.432. The molecule has 0 saturated heterocycles. The molecule has 3 rings (SSSR count). The Morgan fingerprint density at radius 1 is 1.14 bits per heavy atom. The lowest BCUT2D eigenvalue weighted by molar-refractivity contribution is -0.115. The summed E-state index contributed by atoms with van der Waals surface area (Å²) in [5.74, 6) is 0.567. The van der Waals surface area contributed by atoms with Gasteiger partial charge in [-0.3, -0.25) is 9.59 Å². The fraction of sp³-hybridized carbons (Fsp3) is 0.238. The van der Waals surface area contributed by atoms with Crippen molar-refractivity contribution in [3.8, 4) is 11.3 Å². The van der Waals surface area contributed by atoms with Crippen LogP contribution in [0.3, 0.4) is 0 Å². The molecule has 29 heavy (non-hydrogen) atoms. The number of rotatable bonds is 7. The number of benzene rings is 1. The molecule has 1 aromatic carbocycles. The maximum absolute atomic E-state index is 12.4. The largest absolute Gasteiger partial charge is 0.365 e. The normalized spacial score (nSPS) is 10.7. The Morgan fingerprint density at radius 2 is 1.86 bits per heavy atom. The highest BCUT2D eigenvalue weighted by atomic mass is 32.2. The Kier molecular flexibility index (Phi) is 6.66. The van der Waals surface area contributed by atoms with Crippen molar-refractivity contribution < 1.29 is 9.59 Å². The highest BCUT2D eigenvalue weighted by molar-refractivity contribution is 7.99. The number of anilines is 1. The van der Waals surface area contributed by atoms with Crippen LogP contribution in [0.4, 0.5) is 5.00 Å². The molecular formula is C21H22N4O2S2. The standard InChI is InChI=1S/C21H22N4O2S2/c1-12-13(2)29-21(19(12)20(22)27)25-17(26)9-10-28-18-11-16(23-14(3)24-18)15-7-5-4-6-8-15/h4-8,11H,9-10H2,1-3H3,(H2,22,27)(H,25,26). The fourth-order valence-corrected chi connectivity index (χ4v) is 4.79. The number of thioether (sulfide) groups is 1. The van der Waals surface area contributed by atoms with Crippen LogP contribution in [0.15, 0.2) is 41.4 Å². The van der Waals surface area contributed by atoms with Crippen molar-refractivity contribution in [1.29, 1.82) is 0 Å². The van der Waals surface area contributed by atoms with Crippen molar-refractivity contribution in [2.45, 2.75) is 32.2 Å². The summed E-state index contributed by atoms with van der Waals surface area (Å²) in [6.07, 6.45) is 0.294.